The van der Waals surface area contributed by atoms with Crippen LogP contribution in [0, 0.1) is 0 Å². The molecule has 5 rings (SSSR count). The lowest BCUT2D eigenvalue weighted by atomic mass is 10.2. The van der Waals surface area contributed by atoms with Crippen LogP contribution in [0.25, 0.3) is 16.6 Å². The molecule has 0 saturated carbocycles. The van der Waals surface area contributed by atoms with Gasteiger partial charge in [-0.05, 0) is 36.4 Å². The van der Waals surface area contributed by atoms with E-state index in [0.29, 0.717) is 22.3 Å². The zero-order valence-corrected chi connectivity index (χ0v) is 22.3. The van der Waals surface area contributed by atoms with E-state index >= 15 is 0 Å². The number of pyridine rings is 2. The third kappa shape index (κ3) is 5.82. The summed E-state index contributed by atoms with van der Waals surface area (Å²) in [6, 6.07) is 12.6. The molecule has 11 heteroatoms. The average molecular weight is 574 g/mol. The first kappa shape index (κ1) is 28.3. The van der Waals surface area contributed by atoms with Gasteiger partial charge in [-0.2, -0.15) is 0 Å². The molecular formula is C25H25Cl4FN4O2. The highest BCUT2D eigenvalue weighted by atomic mass is 35.5. The van der Waals surface area contributed by atoms with Crippen LogP contribution < -0.4 is 10.3 Å². The van der Waals surface area contributed by atoms with Gasteiger partial charge in [0.05, 0.1) is 15.7 Å². The standard InChI is InChI=1S/C25H23Cl2FN4O2.2ClH/c26-17-1-2-18(29-15-17)16-34-20-5-9-31(24(33)14-20)19-3-4-22-21(13-19)25(27)23-6-8-30(10-7-28)11-12-32(22)23;;/h1-5,9,13-15H,6-8,10-12,16H2;2*1H. The molecule has 1 aromatic carbocycles. The Morgan fingerprint density at radius 1 is 1.03 bits per heavy atom. The van der Waals surface area contributed by atoms with Gasteiger partial charge < -0.3 is 9.30 Å². The first-order valence-corrected chi connectivity index (χ1v) is 11.8. The first-order chi connectivity index (χ1) is 16.5. The molecule has 0 bridgehead atoms. The smallest absolute Gasteiger partial charge is 0.258 e. The van der Waals surface area contributed by atoms with Crippen LogP contribution >= 0.6 is 48.0 Å². The molecular weight excluding hydrogens is 549 g/mol. The van der Waals surface area contributed by atoms with Crippen LogP contribution in [0.5, 0.6) is 5.75 Å². The Morgan fingerprint density at radius 2 is 1.86 bits per heavy atom. The summed E-state index contributed by atoms with van der Waals surface area (Å²) >= 11 is 12.6. The number of halogens is 5. The zero-order chi connectivity index (χ0) is 23.7. The molecule has 6 nitrogen and oxygen atoms in total. The molecule has 0 radical (unpaired) electrons. The molecule has 0 fully saturated rings. The second-order valence-corrected chi connectivity index (χ2v) is 9.04. The van der Waals surface area contributed by atoms with Crippen LogP contribution in [-0.4, -0.2) is 45.3 Å². The Bertz CT molecular complexity index is 1390. The Morgan fingerprint density at radius 3 is 2.58 bits per heavy atom. The van der Waals surface area contributed by atoms with E-state index in [0.717, 1.165) is 54.0 Å². The summed E-state index contributed by atoms with van der Waals surface area (Å²) in [5, 5.41) is 2.17. The third-order valence-corrected chi connectivity index (χ3v) is 6.78. The van der Waals surface area contributed by atoms with Gasteiger partial charge in [0.1, 0.15) is 19.0 Å². The van der Waals surface area contributed by atoms with Gasteiger partial charge in [-0.15, -0.1) is 24.8 Å². The van der Waals surface area contributed by atoms with E-state index in [1.165, 1.54) is 6.07 Å². The number of aromatic nitrogens is 3. The number of alkyl halides is 1. The van der Waals surface area contributed by atoms with E-state index in [4.69, 9.17) is 27.9 Å². The van der Waals surface area contributed by atoms with Crippen molar-refractivity contribution in [1.82, 2.24) is 19.0 Å². The van der Waals surface area contributed by atoms with Gasteiger partial charge in [0.2, 0.25) is 0 Å². The second kappa shape index (κ2) is 12.3. The van der Waals surface area contributed by atoms with Crippen LogP contribution in [-0.2, 0) is 19.6 Å². The van der Waals surface area contributed by atoms with E-state index in [-0.39, 0.29) is 43.7 Å². The van der Waals surface area contributed by atoms with Crippen LogP contribution in [0.4, 0.5) is 4.39 Å². The molecule has 4 aromatic rings. The van der Waals surface area contributed by atoms with E-state index in [2.05, 4.69) is 14.5 Å². The van der Waals surface area contributed by atoms with Gasteiger partial charge in [0.25, 0.3) is 5.56 Å². The summed E-state index contributed by atoms with van der Waals surface area (Å²) in [6.45, 7) is 2.66. The predicted octanol–water partition coefficient (Wildman–Crippen LogP) is 5.74. The van der Waals surface area contributed by atoms with Crippen molar-refractivity contribution in [2.24, 2.45) is 0 Å². The quantitative estimate of drug-likeness (QED) is 0.295. The van der Waals surface area contributed by atoms with Gasteiger partial charge in [-0.25, -0.2) is 4.39 Å². The zero-order valence-electron chi connectivity index (χ0n) is 19.2. The summed E-state index contributed by atoms with van der Waals surface area (Å²) in [6.07, 6.45) is 4.01. The number of fused-ring (bicyclic) bond motifs is 3. The van der Waals surface area contributed by atoms with E-state index in [1.54, 1.807) is 35.2 Å². The van der Waals surface area contributed by atoms with Gasteiger partial charge in [-0.1, -0.05) is 23.2 Å². The fourth-order valence-electron chi connectivity index (χ4n) is 4.38. The molecule has 0 N–H and O–H groups in total. The normalized spacial score (nSPS) is 13.4. The SMILES string of the molecule is Cl.Cl.O=c1cc(OCc2ccc(Cl)cn2)ccn1-c1ccc2c(c1)c(Cl)c1n2CCN(CCF)CC1. The van der Waals surface area contributed by atoms with Crippen LogP contribution in [0.1, 0.15) is 11.4 Å². The molecule has 1 aliphatic rings. The average Bonchev–Trinajstić information content (AvgIpc) is 2.96. The second-order valence-electron chi connectivity index (χ2n) is 8.22. The Labute approximate surface area is 230 Å². The molecule has 0 amide bonds. The van der Waals surface area contributed by atoms with Crippen molar-refractivity contribution in [3.8, 4) is 11.4 Å². The molecule has 3 aromatic heterocycles. The fourth-order valence-corrected chi connectivity index (χ4v) is 4.84. The fraction of sp³-hybridized carbons (Fsp3) is 0.280. The van der Waals surface area contributed by atoms with Crippen LogP contribution in [0.15, 0.2) is 59.7 Å². The number of hydrogen-bond donors (Lipinski definition) is 0. The lowest BCUT2D eigenvalue weighted by Crippen LogP contribution is -2.29. The first-order valence-electron chi connectivity index (χ1n) is 11.1. The number of rotatable bonds is 6. The molecule has 0 aliphatic carbocycles. The van der Waals surface area contributed by atoms with Gasteiger partial charge in [0, 0.05) is 73.3 Å². The Hall–Kier alpha value is -2.29. The lowest BCUT2D eigenvalue weighted by molar-refractivity contribution is 0.253. The predicted molar refractivity (Wildman–Crippen MR) is 147 cm³/mol. The minimum atomic E-state index is -0.344. The third-order valence-electron chi connectivity index (χ3n) is 6.14. The maximum absolute atomic E-state index is 12.8. The van der Waals surface area contributed by atoms with Gasteiger partial charge in [-0.3, -0.25) is 19.2 Å². The maximum atomic E-state index is 12.8. The van der Waals surface area contributed by atoms with Crippen molar-refractivity contribution in [3.05, 3.63) is 86.6 Å². The summed E-state index contributed by atoms with van der Waals surface area (Å²) in [5.74, 6) is 0.463. The molecule has 192 valence electrons. The molecule has 0 atom stereocenters. The largest absolute Gasteiger partial charge is 0.487 e. The van der Waals surface area contributed by atoms with E-state index in [9.17, 15) is 9.18 Å². The monoisotopic (exact) mass is 572 g/mol. The van der Waals surface area contributed by atoms with Gasteiger partial charge >= 0.3 is 0 Å². The summed E-state index contributed by atoms with van der Waals surface area (Å²) in [7, 11) is 0. The number of hydrogen-bond acceptors (Lipinski definition) is 4. The number of benzene rings is 1. The van der Waals surface area contributed by atoms with Crippen molar-refractivity contribution in [1.29, 1.82) is 0 Å². The van der Waals surface area contributed by atoms with Crippen molar-refractivity contribution in [2.45, 2.75) is 19.6 Å². The molecule has 1 aliphatic heterocycles. The van der Waals surface area contributed by atoms with Crippen molar-refractivity contribution < 1.29 is 9.13 Å². The molecule has 4 heterocycles. The Kier molecular flexibility index (Phi) is 9.66. The Balaban J connectivity index is 0.00000180. The molecule has 0 spiro atoms. The number of nitrogens with zero attached hydrogens (tertiary/aromatic N) is 4. The highest BCUT2D eigenvalue weighted by molar-refractivity contribution is 6.36. The summed E-state index contributed by atoms with van der Waals surface area (Å²) in [5.41, 5.74) is 3.32. The van der Waals surface area contributed by atoms with Crippen molar-refractivity contribution >= 4 is 58.9 Å². The lowest BCUT2D eigenvalue weighted by Gasteiger charge is -2.17. The topological polar surface area (TPSA) is 52.3 Å². The highest BCUT2D eigenvalue weighted by Crippen LogP contribution is 2.33. The van der Waals surface area contributed by atoms with Gasteiger partial charge in [0.15, 0.2) is 0 Å². The highest BCUT2D eigenvalue weighted by Gasteiger charge is 2.21. The van der Waals surface area contributed by atoms with Crippen LogP contribution in [0.2, 0.25) is 10.0 Å². The molecule has 0 unspecified atom stereocenters. The van der Waals surface area contributed by atoms with E-state index < -0.39 is 0 Å². The summed E-state index contributed by atoms with van der Waals surface area (Å²) < 4.78 is 22.3. The maximum Gasteiger partial charge on any atom is 0.258 e. The van der Waals surface area contributed by atoms with Crippen LogP contribution in [0.3, 0.4) is 0 Å². The van der Waals surface area contributed by atoms with E-state index in [1.807, 2.05) is 18.2 Å². The molecule has 36 heavy (non-hydrogen) atoms. The van der Waals surface area contributed by atoms with Crippen molar-refractivity contribution in [2.75, 3.05) is 26.3 Å². The minimum Gasteiger partial charge on any atom is -0.487 e. The molecule has 0 saturated heterocycles. The number of ether oxygens (including phenoxy) is 1. The minimum absolute atomic E-state index is 0. The van der Waals surface area contributed by atoms with Crippen molar-refractivity contribution in [3.63, 3.8) is 0 Å². The summed E-state index contributed by atoms with van der Waals surface area (Å²) in [4.78, 5) is 19.1.